The molecule has 0 aliphatic heterocycles. The first-order valence-electron chi connectivity index (χ1n) is 8.29. The van der Waals surface area contributed by atoms with E-state index in [-0.39, 0.29) is 29.6 Å². The number of phosphoric ester groups is 1. The van der Waals surface area contributed by atoms with Gasteiger partial charge in [0, 0.05) is 18.2 Å². The van der Waals surface area contributed by atoms with Crippen LogP contribution in [0.5, 0.6) is 5.75 Å². The van der Waals surface area contributed by atoms with Crippen molar-refractivity contribution in [2.45, 2.75) is 51.4 Å². The molecule has 0 amide bonds. The molecule has 0 radical (unpaired) electrons. The second-order valence-electron chi connectivity index (χ2n) is 6.81. The van der Waals surface area contributed by atoms with E-state index in [1.807, 2.05) is 18.2 Å². The van der Waals surface area contributed by atoms with Crippen molar-refractivity contribution in [3.8, 4) is 5.75 Å². The van der Waals surface area contributed by atoms with Crippen LogP contribution < -0.4 is 39.3 Å². The maximum atomic E-state index is 11.5. The van der Waals surface area contributed by atoms with Crippen LogP contribution in [-0.2, 0) is 13.8 Å². The van der Waals surface area contributed by atoms with Crippen molar-refractivity contribution in [2.75, 3.05) is 7.11 Å². The van der Waals surface area contributed by atoms with Gasteiger partial charge in [-0.2, -0.15) is 0 Å². The van der Waals surface area contributed by atoms with Gasteiger partial charge in [0.15, 0.2) is 5.75 Å². The zero-order valence-electron chi connectivity index (χ0n) is 14.9. The molecule has 1 aromatic rings. The van der Waals surface area contributed by atoms with Crippen molar-refractivity contribution >= 4 is 7.82 Å². The topological polar surface area (TPSA) is 67.8 Å². The summed E-state index contributed by atoms with van der Waals surface area (Å²) >= 11 is 0. The van der Waals surface area contributed by atoms with E-state index in [2.05, 4.69) is 23.0 Å². The first-order chi connectivity index (χ1) is 10.9. The minimum absolute atomic E-state index is 0. The summed E-state index contributed by atoms with van der Waals surface area (Å²) in [6, 6.07) is 6.04. The number of para-hydroxylation sites is 1. The van der Waals surface area contributed by atoms with Crippen molar-refractivity contribution in [3.05, 3.63) is 29.3 Å². The maximum Gasteiger partial charge on any atom is 1.00 e. The molecule has 128 valence electrons. The van der Waals surface area contributed by atoms with E-state index < -0.39 is 7.82 Å². The average Bonchev–Trinajstić information content (AvgIpc) is 3.41. The summed E-state index contributed by atoms with van der Waals surface area (Å²) in [6.45, 7) is 4.33. The number of benzene rings is 1. The predicted molar refractivity (Wildman–Crippen MR) is 85.0 cm³/mol. The van der Waals surface area contributed by atoms with Gasteiger partial charge >= 0.3 is 37.4 Å². The molecule has 0 heterocycles. The molecule has 1 aromatic carbocycles. The summed E-state index contributed by atoms with van der Waals surface area (Å²) in [5, 5.41) is 0. The first-order valence-corrected chi connectivity index (χ1v) is 9.75. The fraction of sp³-hybridized carbons (Fsp3) is 0.647. The van der Waals surface area contributed by atoms with E-state index in [4.69, 9.17) is 4.89 Å². The minimum Gasteiger partial charge on any atom is -0.754 e. The van der Waals surface area contributed by atoms with Gasteiger partial charge in [0.25, 0.3) is 0 Å². The molecule has 2 aliphatic carbocycles. The molecule has 7 heteroatoms. The quantitative estimate of drug-likeness (QED) is 0.300. The van der Waals surface area contributed by atoms with Crippen molar-refractivity contribution in [1.29, 1.82) is 0 Å². The Morgan fingerprint density at radius 3 is 1.92 bits per heavy atom. The van der Waals surface area contributed by atoms with Crippen LogP contribution in [0.4, 0.5) is 0 Å². The van der Waals surface area contributed by atoms with Gasteiger partial charge < -0.3 is 14.3 Å². The van der Waals surface area contributed by atoms with Gasteiger partial charge in [-0.3, -0.25) is 4.57 Å². The van der Waals surface area contributed by atoms with Gasteiger partial charge in [-0.25, -0.2) is 0 Å². The molecule has 3 atom stereocenters. The van der Waals surface area contributed by atoms with Gasteiger partial charge in [-0.05, 0) is 49.4 Å². The number of rotatable bonds is 8. The molecule has 2 fully saturated rings. The van der Waals surface area contributed by atoms with Crippen molar-refractivity contribution < 1.29 is 53.1 Å². The summed E-state index contributed by atoms with van der Waals surface area (Å²) in [5.41, 5.74) is 2.04. The third-order valence-corrected chi connectivity index (χ3v) is 5.86. The van der Waals surface area contributed by atoms with Crippen LogP contribution in [-0.4, -0.2) is 7.11 Å². The van der Waals surface area contributed by atoms with Crippen LogP contribution in [0, 0.1) is 11.8 Å². The molecule has 5 nitrogen and oxygen atoms in total. The van der Waals surface area contributed by atoms with Gasteiger partial charge in [0.1, 0.15) is 0 Å². The number of phosphoric acid groups is 1. The standard InChI is InChI=1S/C17H25O5P.Na/c1-11(13-7-8-13)15-5-4-6-16(12(2)14-9-10-14)17(15)21-22-23(18,19)20-3;/h4-6,11-14H,7-10H2,1-3H3,(H,18,19);/q;+1/p-1/t11-,12+;. The molecule has 0 bridgehead atoms. The Hall–Kier alpha value is 0.130. The fourth-order valence-corrected chi connectivity index (χ4v) is 3.43. The Morgan fingerprint density at radius 2 is 1.54 bits per heavy atom. The molecule has 0 N–H and O–H groups in total. The van der Waals surface area contributed by atoms with E-state index >= 15 is 0 Å². The molecule has 0 aromatic heterocycles. The van der Waals surface area contributed by atoms with E-state index in [9.17, 15) is 9.46 Å². The molecule has 0 spiro atoms. The number of hydrogen-bond donors (Lipinski definition) is 0. The third-order valence-electron chi connectivity index (χ3n) is 5.15. The van der Waals surface area contributed by atoms with Crippen LogP contribution in [0.2, 0.25) is 0 Å². The second kappa shape index (κ2) is 8.22. The van der Waals surface area contributed by atoms with E-state index in [0.717, 1.165) is 18.2 Å². The predicted octanol–water partition coefficient (Wildman–Crippen LogP) is 1.14. The summed E-state index contributed by atoms with van der Waals surface area (Å²) in [6.07, 6.45) is 4.84. The van der Waals surface area contributed by atoms with Crippen molar-refractivity contribution in [3.63, 3.8) is 0 Å². The van der Waals surface area contributed by atoms with Crippen LogP contribution in [0.15, 0.2) is 18.2 Å². The maximum absolute atomic E-state index is 11.5. The molecule has 1 unspecified atom stereocenters. The molecule has 2 aliphatic rings. The largest absolute Gasteiger partial charge is 1.00 e. The summed E-state index contributed by atoms with van der Waals surface area (Å²) < 4.78 is 20.4. The monoisotopic (exact) mass is 362 g/mol. The van der Waals surface area contributed by atoms with Gasteiger partial charge in [0.2, 0.25) is 0 Å². The Kier molecular flexibility index (Phi) is 7.00. The van der Waals surface area contributed by atoms with E-state index in [1.54, 1.807) is 0 Å². The summed E-state index contributed by atoms with van der Waals surface area (Å²) in [4.78, 5) is 16.8. The Labute approximate surface area is 165 Å². The Bertz CT molecular complexity index is 579. The zero-order valence-corrected chi connectivity index (χ0v) is 17.8. The van der Waals surface area contributed by atoms with Gasteiger partial charge in [-0.15, -0.1) is 4.67 Å². The molecule has 3 rings (SSSR count). The molecule has 2 saturated carbocycles. The number of hydrogen-bond acceptors (Lipinski definition) is 5. The first kappa shape index (κ1) is 20.4. The minimum atomic E-state index is -4.43. The van der Waals surface area contributed by atoms with Gasteiger partial charge in [0.05, 0.1) is 0 Å². The fourth-order valence-electron chi connectivity index (χ4n) is 3.20. The van der Waals surface area contributed by atoms with Crippen molar-refractivity contribution in [2.24, 2.45) is 11.8 Å². The molecular formula is C17H24NaO5P. The van der Waals surface area contributed by atoms with Crippen LogP contribution in [0.3, 0.4) is 0 Å². The second-order valence-corrected chi connectivity index (χ2v) is 8.21. The van der Waals surface area contributed by atoms with Crippen LogP contribution in [0.1, 0.15) is 62.5 Å². The summed E-state index contributed by atoms with van der Waals surface area (Å²) in [5.74, 6) is 2.50. The van der Waals surface area contributed by atoms with Gasteiger partial charge in [-0.1, -0.05) is 32.0 Å². The molecule has 0 saturated heterocycles. The SMILES string of the molecule is COP(=O)([O-])OOc1c([C@@H](C)C2CC2)cccc1[C@H](C)C1CC1.[Na+]. The van der Waals surface area contributed by atoms with E-state index in [1.165, 1.54) is 25.7 Å². The molecule has 24 heavy (non-hydrogen) atoms. The average molecular weight is 362 g/mol. The third kappa shape index (κ3) is 4.85. The van der Waals surface area contributed by atoms with E-state index in [0.29, 0.717) is 29.4 Å². The summed E-state index contributed by atoms with van der Waals surface area (Å²) in [7, 11) is -3.37. The smallest absolute Gasteiger partial charge is 0.754 e. The van der Waals surface area contributed by atoms with Crippen molar-refractivity contribution in [1.82, 2.24) is 0 Å². The zero-order chi connectivity index (χ0) is 16.6. The Morgan fingerprint density at radius 1 is 1.08 bits per heavy atom. The Balaban J connectivity index is 0.00000208. The van der Waals surface area contributed by atoms with Crippen LogP contribution >= 0.6 is 7.82 Å². The normalized spacial score (nSPS) is 22.2. The van der Waals surface area contributed by atoms with Crippen LogP contribution in [0.25, 0.3) is 0 Å². The molecular weight excluding hydrogens is 338 g/mol.